The smallest absolute Gasteiger partial charge is 0.214 e. The van der Waals surface area contributed by atoms with Crippen molar-refractivity contribution in [2.24, 2.45) is 0 Å². The van der Waals surface area contributed by atoms with E-state index in [0.717, 1.165) is 0 Å². The zero-order chi connectivity index (χ0) is 22.7. The third-order valence-corrected chi connectivity index (χ3v) is 6.82. The van der Waals surface area contributed by atoms with Crippen molar-refractivity contribution in [2.75, 3.05) is 18.1 Å². The first-order valence-electron chi connectivity index (χ1n) is 10.3. The molecular formula is C25H23NO5S. The molecular weight excluding hydrogens is 426 g/mol. The summed E-state index contributed by atoms with van der Waals surface area (Å²) in [6.07, 6.45) is 1.39. The molecule has 0 spiro atoms. The summed E-state index contributed by atoms with van der Waals surface area (Å²) in [5, 5.41) is 0. The number of ether oxygens (including phenoxy) is 2. The van der Waals surface area contributed by atoms with Crippen molar-refractivity contribution >= 4 is 27.0 Å². The van der Waals surface area contributed by atoms with Gasteiger partial charge in [0.2, 0.25) is 15.6 Å². The van der Waals surface area contributed by atoms with Crippen molar-refractivity contribution in [3.05, 3.63) is 89.5 Å². The number of hydrogen-bond donors (Lipinski definition) is 0. The van der Waals surface area contributed by atoms with Gasteiger partial charge in [-0.3, -0.25) is 4.79 Å². The summed E-state index contributed by atoms with van der Waals surface area (Å²) in [6.45, 7) is 4.82. The molecule has 0 aliphatic carbocycles. The van der Waals surface area contributed by atoms with Gasteiger partial charge in [-0.1, -0.05) is 12.1 Å². The van der Waals surface area contributed by atoms with Gasteiger partial charge in [-0.15, -0.1) is 0 Å². The number of benzene rings is 3. The lowest BCUT2D eigenvalue weighted by atomic mass is 10.1. The molecule has 4 rings (SSSR count). The number of para-hydroxylation sites is 1. The molecule has 0 amide bonds. The van der Waals surface area contributed by atoms with Crippen molar-refractivity contribution in [3.63, 3.8) is 0 Å². The zero-order valence-corrected chi connectivity index (χ0v) is 18.6. The van der Waals surface area contributed by atoms with Gasteiger partial charge in [-0.2, -0.15) is 0 Å². The van der Waals surface area contributed by atoms with Crippen molar-refractivity contribution in [2.45, 2.75) is 18.7 Å². The average Bonchev–Trinajstić information content (AvgIpc) is 2.81. The summed E-state index contributed by atoms with van der Waals surface area (Å²) in [5.41, 5.74) is 1.47. The van der Waals surface area contributed by atoms with Gasteiger partial charge in [-0.25, -0.2) is 8.42 Å². The largest absolute Gasteiger partial charge is 0.494 e. The number of sulfone groups is 1. The summed E-state index contributed by atoms with van der Waals surface area (Å²) in [7, 11) is -3.99. The Morgan fingerprint density at radius 1 is 0.812 bits per heavy atom. The van der Waals surface area contributed by atoms with Crippen LogP contribution in [0.5, 0.6) is 11.5 Å². The van der Waals surface area contributed by atoms with Gasteiger partial charge in [0.15, 0.2) is 0 Å². The minimum Gasteiger partial charge on any atom is -0.494 e. The molecule has 32 heavy (non-hydrogen) atoms. The molecule has 1 aliphatic heterocycles. The van der Waals surface area contributed by atoms with Crippen molar-refractivity contribution in [3.8, 4) is 11.5 Å². The van der Waals surface area contributed by atoms with Crippen LogP contribution in [0.25, 0.3) is 0 Å². The number of carbonyl (C=O) groups excluding carboxylic acids is 1. The molecule has 0 fully saturated rings. The number of fused-ring (bicyclic) bond motifs is 1. The predicted octanol–water partition coefficient (Wildman–Crippen LogP) is 5.13. The third-order valence-electron chi connectivity index (χ3n) is 5.03. The summed E-state index contributed by atoms with van der Waals surface area (Å²) in [6, 6.07) is 20.4. The molecule has 164 valence electrons. The molecule has 0 N–H and O–H groups in total. The quantitative estimate of drug-likeness (QED) is 0.466. The molecule has 7 heteroatoms. The second-order valence-electron chi connectivity index (χ2n) is 7.05. The summed E-state index contributed by atoms with van der Waals surface area (Å²) < 4.78 is 37.6. The standard InChI is InChI=1S/C25H23NO5S/c1-3-30-20-13-9-18(10-14-20)25(27)24-17-26(19-11-15-21(16-12-19)31-4-2)22-7-5-6-8-23(22)32(24,28)29/h5-17H,3-4H2,1-2H3. The number of carbonyl (C=O) groups is 1. The number of allylic oxidation sites excluding steroid dienone is 1. The Labute approximate surface area is 187 Å². The lowest BCUT2D eigenvalue weighted by Gasteiger charge is -2.29. The van der Waals surface area contributed by atoms with Crippen LogP contribution in [0.1, 0.15) is 24.2 Å². The number of Topliss-reactive ketones (excluding diaryl/α,β-unsaturated/α-hetero) is 1. The Morgan fingerprint density at radius 3 is 1.97 bits per heavy atom. The maximum atomic E-state index is 13.3. The van der Waals surface area contributed by atoms with Crippen LogP contribution in [0.3, 0.4) is 0 Å². The highest BCUT2D eigenvalue weighted by molar-refractivity contribution is 7.96. The van der Waals surface area contributed by atoms with Crippen LogP contribution in [0.15, 0.2) is 88.8 Å². The molecule has 6 nitrogen and oxygen atoms in total. The number of hydrogen-bond acceptors (Lipinski definition) is 6. The van der Waals surface area contributed by atoms with Crippen molar-refractivity contribution < 1.29 is 22.7 Å². The first kappa shape index (κ1) is 21.6. The molecule has 0 radical (unpaired) electrons. The van der Waals surface area contributed by atoms with Crippen LogP contribution in [-0.4, -0.2) is 27.4 Å². The Bertz CT molecular complexity index is 1260. The SMILES string of the molecule is CCOc1ccc(C(=O)C2=CN(c3ccc(OCC)cc3)c3ccccc3S2(=O)=O)cc1. The fourth-order valence-corrected chi connectivity index (χ4v) is 5.08. The van der Waals surface area contributed by atoms with Gasteiger partial charge in [0.1, 0.15) is 16.4 Å². The second kappa shape index (κ2) is 8.88. The van der Waals surface area contributed by atoms with Gasteiger partial charge >= 0.3 is 0 Å². The van der Waals surface area contributed by atoms with Crippen molar-refractivity contribution in [1.29, 1.82) is 0 Å². The predicted molar refractivity (Wildman–Crippen MR) is 123 cm³/mol. The molecule has 0 saturated heterocycles. The number of rotatable bonds is 7. The highest BCUT2D eigenvalue weighted by Gasteiger charge is 2.36. The maximum Gasteiger partial charge on any atom is 0.214 e. The fourth-order valence-electron chi connectivity index (χ4n) is 3.53. The van der Waals surface area contributed by atoms with E-state index in [1.807, 2.05) is 38.1 Å². The molecule has 0 bridgehead atoms. The molecule has 1 aliphatic rings. The van der Waals surface area contributed by atoms with Crippen molar-refractivity contribution in [1.82, 2.24) is 0 Å². The summed E-state index contributed by atoms with van der Waals surface area (Å²) in [5.74, 6) is 0.758. The highest BCUT2D eigenvalue weighted by atomic mass is 32.2. The molecule has 0 saturated carbocycles. The normalized spacial score (nSPS) is 14.3. The van der Waals surface area contributed by atoms with E-state index < -0.39 is 15.6 Å². The van der Waals surface area contributed by atoms with E-state index in [9.17, 15) is 13.2 Å². The topological polar surface area (TPSA) is 72.9 Å². The van der Waals surface area contributed by atoms with E-state index in [2.05, 4.69) is 0 Å². The summed E-state index contributed by atoms with van der Waals surface area (Å²) in [4.78, 5) is 14.8. The zero-order valence-electron chi connectivity index (χ0n) is 17.8. The molecule has 3 aromatic rings. The second-order valence-corrected chi connectivity index (χ2v) is 8.93. The Kier molecular flexibility index (Phi) is 6.01. The first-order valence-corrected chi connectivity index (χ1v) is 11.8. The lowest BCUT2D eigenvalue weighted by Crippen LogP contribution is -2.25. The van der Waals surface area contributed by atoms with E-state index in [1.165, 1.54) is 12.3 Å². The van der Waals surface area contributed by atoms with Gasteiger partial charge in [0.25, 0.3) is 0 Å². The van der Waals surface area contributed by atoms with Gasteiger partial charge in [0.05, 0.1) is 23.8 Å². The first-order chi connectivity index (χ1) is 15.5. The van der Waals surface area contributed by atoms with Gasteiger partial charge in [0, 0.05) is 17.5 Å². The molecule has 0 aromatic heterocycles. The van der Waals surface area contributed by atoms with Crippen LogP contribution in [0.4, 0.5) is 11.4 Å². The molecule has 0 atom stereocenters. The van der Waals surface area contributed by atoms with E-state index in [1.54, 1.807) is 47.4 Å². The van der Waals surface area contributed by atoms with E-state index >= 15 is 0 Å². The van der Waals surface area contributed by atoms with Crippen LogP contribution in [-0.2, 0) is 9.84 Å². The monoisotopic (exact) mass is 449 g/mol. The number of anilines is 2. The average molecular weight is 450 g/mol. The summed E-state index contributed by atoms with van der Waals surface area (Å²) >= 11 is 0. The molecule has 0 unspecified atom stereocenters. The van der Waals surface area contributed by atoms with Crippen LogP contribution >= 0.6 is 0 Å². The minimum absolute atomic E-state index is 0.0886. The highest BCUT2D eigenvalue weighted by Crippen LogP contribution is 2.40. The molecule has 1 heterocycles. The maximum absolute atomic E-state index is 13.3. The van der Waals surface area contributed by atoms with Crippen LogP contribution in [0.2, 0.25) is 0 Å². The van der Waals surface area contributed by atoms with Crippen LogP contribution < -0.4 is 14.4 Å². The van der Waals surface area contributed by atoms with Gasteiger partial charge in [-0.05, 0) is 74.5 Å². The Hall–Kier alpha value is -3.58. The number of ketones is 1. The van der Waals surface area contributed by atoms with Gasteiger partial charge < -0.3 is 14.4 Å². The van der Waals surface area contributed by atoms with E-state index in [4.69, 9.17) is 9.47 Å². The van der Waals surface area contributed by atoms with Crippen LogP contribution in [0, 0.1) is 0 Å². The fraction of sp³-hybridized carbons (Fsp3) is 0.160. The Balaban J connectivity index is 1.79. The third kappa shape index (κ3) is 3.99. The molecule has 3 aromatic carbocycles. The minimum atomic E-state index is -3.99. The van der Waals surface area contributed by atoms with E-state index in [-0.39, 0.29) is 15.4 Å². The lowest BCUT2D eigenvalue weighted by molar-refractivity contribution is 0.104. The Morgan fingerprint density at radius 2 is 1.38 bits per heavy atom. The number of nitrogens with zero attached hydrogens (tertiary/aromatic N) is 1. The van der Waals surface area contributed by atoms with E-state index in [0.29, 0.717) is 36.1 Å².